The molecule has 2 aromatic heterocycles. The number of fused-ring (bicyclic) bond motifs is 2. The molecule has 0 radical (unpaired) electrons. The number of rotatable bonds is 15. The number of benzene rings is 4. The standard InChI is InChI=1S/C24H24F6N2O3S2.C19H17BrF3NO3S2/c1-16-19-5-2-3-6-20(19)36-22(16)32(15-17-8-10-18(11-9-17)35-24(28,29)30)37(33,34)14-13-31-12-4-7-21(31)23(25,26)27;1-13-16-4-2-3-5-17(16)28-18(13)24(29(25,26)11-10-20)12-14-6-8-15(9-7-14)27-19(21,22)23/h2-3,5-6,8-11,21H,4,7,12-15H2,1H3;2-9H,10-12H2,1H3/t21-;/m0./s1. The number of aryl methyl sites for hydroxylation is 2. The molecule has 7 rings (SSSR count). The zero-order valence-electron chi connectivity index (χ0n) is 34.9. The van der Waals surface area contributed by atoms with Crippen molar-refractivity contribution in [3.05, 3.63) is 119 Å². The molecule has 6 aromatic rings. The highest BCUT2D eigenvalue weighted by Crippen LogP contribution is 2.42. The minimum atomic E-state index is -4.87. The van der Waals surface area contributed by atoms with Gasteiger partial charge < -0.3 is 9.47 Å². The lowest BCUT2D eigenvalue weighted by atomic mass is 10.2. The fourth-order valence-electron chi connectivity index (χ4n) is 7.33. The minimum Gasteiger partial charge on any atom is -0.406 e. The Morgan fingerprint density at radius 2 is 1.05 bits per heavy atom. The van der Waals surface area contributed by atoms with Crippen LogP contribution in [0.5, 0.6) is 11.5 Å². The van der Waals surface area contributed by atoms with Gasteiger partial charge in [-0.15, -0.1) is 49.0 Å². The van der Waals surface area contributed by atoms with Gasteiger partial charge in [0.2, 0.25) is 20.0 Å². The van der Waals surface area contributed by atoms with Crippen LogP contribution in [0.3, 0.4) is 0 Å². The van der Waals surface area contributed by atoms with Gasteiger partial charge in [0.1, 0.15) is 27.5 Å². The van der Waals surface area contributed by atoms with E-state index >= 15 is 0 Å². The fraction of sp³-hybridized carbons (Fsp3) is 0.349. The Morgan fingerprint density at radius 3 is 1.42 bits per heavy atom. The Kier molecular flexibility index (Phi) is 15.9. The molecule has 0 amide bonds. The molecule has 0 saturated carbocycles. The van der Waals surface area contributed by atoms with E-state index in [-0.39, 0.29) is 49.4 Å². The molecule has 1 atom stereocenters. The van der Waals surface area contributed by atoms with Crippen molar-refractivity contribution in [1.29, 1.82) is 0 Å². The van der Waals surface area contributed by atoms with Crippen LogP contribution in [0.25, 0.3) is 20.2 Å². The molecule has 4 aromatic carbocycles. The average molecular weight is 1070 g/mol. The van der Waals surface area contributed by atoms with E-state index < -0.39 is 56.5 Å². The van der Waals surface area contributed by atoms with Crippen LogP contribution in [0.2, 0.25) is 0 Å². The first-order chi connectivity index (χ1) is 30.8. The smallest absolute Gasteiger partial charge is 0.406 e. The predicted octanol–water partition coefficient (Wildman–Crippen LogP) is 12.3. The lowest BCUT2D eigenvalue weighted by molar-refractivity contribution is -0.275. The Labute approximate surface area is 391 Å². The van der Waals surface area contributed by atoms with E-state index in [0.29, 0.717) is 33.1 Å². The second-order valence-electron chi connectivity index (χ2n) is 15.0. The molecule has 1 aliphatic rings. The first-order valence-electron chi connectivity index (χ1n) is 19.9. The van der Waals surface area contributed by atoms with Gasteiger partial charge in [0.25, 0.3) is 0 Å². The number of thiophene rings is 2. The van der Waals surface area contributed by atoms with Crippen LogP contribution in [0, 0.1) is 13.8 Å². The Bertz CT molecular complexity index is 2820. The third-order valence-corrected chi connectivity index (χ3v) is 17.6. The molecular weight excluding hydrogens is 1030 g/mol. The lowest BCUT2D eigenvalue weighted by Gasteiger charge is -2.29. The first kappa shape index (κ1) is 51.1. The topological polar surface area (TPSA) is 96.5 Å². The summed E-state index contributed by atoms with van der Waals surface area (Å²) in [6.07, 6.45) is -13.8. The van der Waals surface area contributed by atoms with Crippen molar-refractivity contribution in [3.63, 3.8) is 0 Å². The van der Waals surface area contributed by atoms with Crippen molar-refractivity contribution < 1.29 is 65.8 Å². The Morgan fingerprint density at radius 1 is 0.636 bits per heavy atom. The van der Waals surface area contributed by atoms with Gasteiger partial charge >= 0.3 is 18.9 Å². The quantitative estimate of drug-likeness (QED) is 0.0746. The van der Waals surface area contributed by atoms with Crippen molar-refractivity contribution in [2.75, 3.05) is 38.5 Å². The largest absolute Gasteiger partial charge is 0.573 e. The van der Waals surface area contributed by atoms with Gasteiger partial charge in [0.05, 0.1) is 24.6 Å². The highest BCUT2D eigenvalue weighted by Gasteiger charge is 2.46. The van der Waals surface area contributed by atoms with Gasteiger partial charge in [-0.1, -0.05) is 76.6 Å². The van der Waals surface area contributed by atoms with E-state index in [1.165, 1.54) is 63.4 Å². The summed E-state index contributed by atoms with van der Waals surface area (Å²) >= 11 is 5.78. The SMILES string of the molecule is Cc1c(N(Cc2ccc(OC(F)(F)F)cc2)S(=O)(=O)CCBr)sc2ccccc12.Cc1c(N(Cc2ccc(OC(F)(F)F)cc2)S(=O)(=O)CCN2CCC[C@H]2C(F)(F)F)sc2ccccc12. The van der Waals surface area contributed by atoms with Crippen LogP contribution < -0.4 is 18.1 Å². The molecule has 0 unspecified atom stereocenters. The number of nitrogens with zero attached hydrogens (tertiary/aromatic N) is 3. The predicted molar refractivity (Wildman–Crippen MR) is 244 cm³/mol. The summed E-state index contributed by atoms with van der Waals surface area (Å²) in [6.45, 7) is 3.30. The lowest BCUT2D eigenvalue weighted by Crippen LogP contribution is -2.44. The van der Waals surface area contributed by atoms with Gasteiger partial charge in [-0.25, -0.2) is 16.8 Å². The van der Waals surface area contributed by atoms with Crippen molar-refractivity contribution >= 4 is 88.8 Å². The Hall–Kier alpha value is -4.29. The van der Waals surface area contributed by atoms with Crippen LogP contribution in [0.1, 0.15) is 35.1 Å². The molecule has 0 N–H and O–H groups in total. The number of halogens is 10. The second-order valence-corrected chi connectivity index (χ2v) is 21.9. The van der Waals surface area contributed by atoms with E-state index in [4.69, 9.17) is 0 Å². The molecule has 3 heterocycles. The van der Waals surface area contributed by atoms with Crippen molar-refractivity contribution in [1.82, 2.24) is 4.90 Å². The number of hydrogen-bond acceptors (Lipinski definition) is 9. The number of sulfonamides is 2. The number of ether oxygens (including phenoxy) is 2. The Balaban J connectivity index is 0.000000225. The summed E-state index contributed by atoms with van der Waals surface area (Å²) in [5.41, 5.74) is 2.48. The van der Waals surface area contributed by atoms with Crippen LogP contribution in [0.4, 0.5) is 49.5 Å². The molecule has 23 heteroatoms. The third kappa shape index (κ3) is 13.0. The van der Waals surface area contributed by atoms with E-state index in [0.717, 1.165) is 47.1 Å². The van der Waals surface area contributed by atoms with Crippen LogP contribution in [0.15, 0.2) is 97.1 Å². The van der Waals surface area contributed by atoms with Crippen LogP contribution >= 0.6 is 38.6 Å². The van der Waals surface area contributed by atoms with Crippen molar-refractivity contribution in [3.8, 4) is 11.5 Å². The number of hydrogen-bond donors (Lipinski definition) is 0. The van der Waals surface area contributed by atoms with Gasteiger partial charge in [-0.2, -0.15) is 13.2 Å². The molecule has 1 saturated heterocycles. The van der Waals surface area contributed by atoms with Crippen LogP contribution in [-0.2, 0) is 33.1 Å². The normalized spacial score (nSPS) is 15.2. The summed E-state index contributed by atoms with van der Waals surface area (Å²) in [4.78, 5) is 1.15. The highest BCUT2D eigenvalue weighted by molar-refractivity contribution is 9.09. The van der Waals surface area contributed by atoms with E-state index in [9.17, 15) is 56.3 Å². The molecule has 1 aliphatic heterocycles. The summed E-state index contributed by atoms with van der Waals surface area (Å²) in [5.74, 6) is -1.44. The van der Waals surface area contributed by atoms with Gasteiger partial charge in [-0.05, 0) is 103 Å². The molecule has 0 bridgehead atoms. The molecule has 66 heavy (non-hydrogen) atoms. The monoisotopic (exact) mass is 1070 g/mol. The number of anilines is 2. The zero-order valence-corrected chi connectivity index (χ0v) is 39.7. The summed E-state index contributed by atoms with van der Waals surface area (Å²) in [7, 11) is -7.76. The number of alkyl halides is 10. The molecule has 0 aliphatic carbocycles. The average Bonchev–Trinajstić information content (AvgIpc) is 3.94. The van der Waals surface area contributed by atoms with Gasteiger partial charge in [0.15, 0.2) is 0 Å². The molecule has 1 fully saturated rings. The third-order valence-electron chi connectivity index (χ3n) is 10.4. The first-order valence-corrected chi connectivity index (χ1v) is 25.9. The number of likely N-dealkylation sites (tertiary alicyclic amines) is 1. The van der Waals surface area contributed by atoms with Crippen molar-refractivity contribution in [2.24, 2.45) is 0 Å². The second kappa shape index (κ2) is 20.5. The zero-order chi connectivity index (χ0) is 48.2. The molecular formula is C43H41BrF9N3O6S4. The molecule has 9 nitrogen and oxygen atoms in total. The maximum Gasteiger partial charge on any atom is 0.573 e. The van der Waals surface area contributed by atoms with E-state index in [1.54, 1.807) is 6.92 Å². The minimum absolute atomic E-state index is 0.00922. The summed E-state index contributed by atoms with van der Waals surface area (Å²) < 4.78 is 180. The van der Waals surface area contributed by atoms with E-state index in [1.807, 2.05) is 55.5 Å². The fourth-order valence-corrected chi connectivity index (χ4v) is 14.3. The highest BCUT2D eigenvalue weighted by atomic mass is 79.9. The molecule has 0 spiro atoms. The maximum atomic E-state index is 13.6. The summed E-state index contributed by atoms with van der Waals surface area (Å²) in [5, 5.41) is 3.09. The van der Waals surface area contributed by atoms with Gasteiger partial charge in [0, 0.05) is 21.3 Å². The van der Waals surface area contributed by atoms with Crippen LogP contribution in [-0.4, -0.2) is 76.6 Å². The van der Waals surface area contributed by atoms with E-state index in [2.05, 4.69) is 25.4 Å². The maximum absolute atomic E-state index is 13.6. The van der Waals surface area contributed by atoms with Crippen molar-refractivity contribution in [2.45, 2.75) is 64.7 Å². The molecule has 358 valence electrons. The summed E-state index contributed by atoms with van der Waals surface area (Å²) in [6, 6.07) is 23.3. The van der Waals surface area contributed by atoms with Gasteiger partial charge in [-0.3, -0.25) is 13.5 Å².